The van der Waals surface area contributed by atoms with Gasteiger partial charge in [0.05, 0.1) is 19.8 Å². The second kappa shape index (κ2) is 9.45. The van der Waals surface area contributed by atoms with E-state index in [-0.39, 0.29) is 24.4 Å². The zero-order valence-electron chi connectivity index (χ0n) is 16.3. The van der Waals surface area contributed by atoms with Crippen molar-refractivity contribution in [2.45, 2.75) is 32.0 Å². The predicted octanol–water partition coefficient (Wildman–Crippen LogP) is 3.74. The van der Waals surface area contributed by atoms with Crippen LogP contribution in [0.25, 0.3) is 0 Å². The molecular weight excluding hydrogens is 387 g/mol. The number of methoxy groups -OCH3 is 2. The van der Waals surface area contributed by atoms with Gasteiger partial charge in [-0.15, -0.1) is 0 Å². The minimum Gasteiger partial charge on any atom is -0.496 e. The second-order valence-electron chi connectivity index (χ2n) is 6.53. The van der Waals surface area contributed by atoms with Crippen LogP contribution in [0.3, 0.4) is 0 Å². The lowest BCUT2D eigenvalue weighted by Crippen LogP contribution is -2.42. The summed E-state index contributed by atoms with van der Waals surface area (Å²) in [6.45, 7) is 1.45. The summed E-state index contributed by atoms with van der Waals surface area (Å²) >= 11 is 0. The third-order valence-electron chi connectivity index (χ3n) is 4.27. The molecule has 0 spiro atoms. The SMILES string of the molecule is COc1cc(C(=O)Cc2ccccc2)c(OC)cc1CC(C)NC(=O)C(F)(F)F. The summed E-state index contributed by atoms with van der Waals surface area (Å²) in [4.78, 5) is 23.9. The van der Waals surface area contributed by atoms with Crippen molar-refractivity contribution in [3.05, 3.63) is 59.2 Å². The Kier molecular flexibility index (Phi) is 7.25. The summed E-state index contributed by atoms with van der Waals surface area (Å²) < 4.78 is 48.0. The van der Waals surface area contributed by atoms with Crippen LogP contribution in [-0.2, 0) is 17.6 Å². The topological polar surface area (TPSA) is 64.6 Å². The third kappa shape index (κ3) is 5.97. The monoisotopic (exact) mass is 409 g/mol. The smallest absolute Gasteiger partial charge is 0.471 e. The van der Waals surface area contributed by atoms with Gasteiger partial charge in [0.15, 0.2) is 5.78 Å². The molecule has 0 aliphatic heterocycles. The van der Waals surface area contributed by atoms with Crippen LogP contribution in [0.1, 0.15) is 28.4 Å². The van der Waals surface area contributed by atoms with E-state index in [2.05, 4.69) is 0 Å². The molecule has 5 nitrogen and oxygen atoms in total. The van der Waals surface area contributed by atoms with Gasteiger partial charge in [-0.25, -0.2) is 0 Å². The number of Topliss-reactive ketones (excluding diaryl/α,β-unsaturated/α-hetero) is 1. The summed E-state index contributed by atoms with van der Waals surface area (Å²) in [7, 11) is 2.80. The Morgan fingerprint density at radius 2 is 1.66 bits per heavy atom. The van der Waals surface area contributed by atoms with Crippen molar-refractivity contribution < 1.29 is 32.2 Å². The van der Waals surface area contributed by atoms with E-state index >= 15 is 0 Å². The number of carbonyl (C=O) groups is 2. The number of halogens is 3. The van der Waals surface area contributed by atoms with Crippen molar-refractivity contribution in [1.82, 2.24) is 5.32 Å². The molecule has 1 atom stereocenters. The molecule has 1 N–H and O–H groups in total. The molecule has 29 heavy (non-hydrogen) atoms. The Labute approximate surface area is 166 Å². The molecule has 0 saturated heterocycles. The van der Waals surface area contributed by atoms with Crippen molar-refractivity contribution in [3.63, 3.8) is 0 Å². The van der Waals surface area contributed by atoms with Crippen LogP contribution in [0, 0.1) is 0 Å². The highest BCUT2D eigenvalue weighted by Crippen LogP contribution is 2.31. The van der Waals surface area contributed by atoms with Crippen molar-refractivity contribution in [2.24, 2.45) is 0 Å². The highest BCUT2D eigenvalue weighted by Gasteiger charge is 2.39. The van der Waals surface area contributed by atoms with Crippen molar-refractivity contribution in [3.8, 4) is 11.5 Å². The van der Waals surface area contributed by atoms with Crippen LogP contribution >= 0.6 is 0 Å². The van der Waals surface area contributed by atoms with Crippen LogP contribution in [0.15, 0.2) is 42.5 Å². The summed E-state index contributed by atoms with van der Waals surface area (Å²) in [5, 5.41) is 1.90. The quantitative estimate of drug-likeness (QED) is 0.675. The second-order valence-corrected chi connectivity index (χ2v) is 6.53. The van der Waals surface area contributed by atoms with Gasteiger partial charge < -0.3 is 14.8 Å². The molecule has 0 heterocycles. The Balaban J connectivity index is 2.25. The number of hydrogen-bond acceptors (Lipinski definition) is 4. The van der Waals surface area contributed by atoms with Crippen molar-refractivity contribution in [1.29, 1.82) is 0 Å². The first-order chi connectivity index (χ1) is 13.7. The lowest BCUT2D eigenvalue weighted by Gasteiger charge is -2.19. The first-order valence-corrected chi connectivity index (χ1v) is 8.85. The standard InChI is InChI=1S/C21H22F3NO4/c1-13(25-20(27)21(22,23)24)9-15-11-19(29-3)16(12-18(15)28-2)17(26)10-14-7-5-4-6-8-14/h4-8,11-13H,9-10H2,1-3H3,(H,25,27). The molecule has 0 bridgehead atoms. The summed E-state index contributed by atoms with van der Waals surface area (Å²) in [5.41, 5.74) is 1.66. The maximum absolute atomic E-state index is 12.7. The Morgan fingerprint density at radius 3 is 2.21 bits per heavy atom. The molecule has 1 amide bonds. The van der Waals surface area contributed by atoms with Gasteiger partial charge in [0.2, 0.25) is 0 Å². The van der Waals surface area contributed by atoms with Gasteiger partial charge in [0, 0.05) is 12.5 Å². The Hall–Kier alpha value is -3.03. The molecule has 156 valence electrons. The van der Waals surface area contributed by atoms with Gasteiger partial charge in [0.1, 0.15) is 11.5 Å². The maximum Gasteiger partial charge on any atom is 0.471 e. The van der Waals surface area contributed by atoms with E-state index < -0.39 is 18.1 Å². The number of ketones is 1. The number of amides is 1. The fraction of sp³-hybridized carbons (Fsp3) is 0.333. The first-order valence-electron chi connectivity index (χ1n) is 8.85. The molecule has 2 rings (SSSR count). The fourth-order valence-electron chi connectivity index (χ4n) is 2.90. The molecule has 0 aliphatic carbocycles. The van der Waals surface area contributed by atoms with Crippen LogP contribution in [0.5, 0.6) is 11.5 Å². The minimum absolute atomic E-state index is 0.0640. The number of hydrogen-bond donors (Lipinski definition) is 1. The van der Waals surface area contributed by atoms with E-state index in [0.717, 1.165) is 5.56 Å². The zero-order chi connectivity index (χ0) is 21.6. The zero-order valence-corrected chi connectivity index (χ0v) is 16.3. The number of ether oxygens (including phenoxy) is 2. The van der Waals surface area contributed by atoms with Crippen LogP contribution in [0.4, 0.5) is 13.2 Å². The van der Waals surface area contributed by atoms with E-state index in [1.807, 2.05) is 35.6 Å². The van der Waals surface area contributed by atoms with E-state index in [9.17, 15) is 22.8 Å². The largest absolute Gasteiger partial charge is 0.496 e. The van der Waals surface area contributed by atoms with Gasteiger partial charge in [-0.2, -0.15) is 13.2 Å². The molecule has 0 aliphatic rings. The summed E-state index contributed by atoms with van der Waals surface area (Å²) in [6, 6.07) is 11.4. The molecule has 0 fully saturated rings. The van der Waals surface area contributed by atoms with Gasteiger partial charge in [0.25, 0.3) is 0 Å². The Bertz CT molecular complexity index is 866. The Morgan fingerprint density at radius 1 is 1.03 bits per heavy atom. The molecule has 8 heteroatoms. The highest BCUT2D eigenvalue weighted by molar-refractivity contribution is 6.00. The molecule has 0 aromatic heterocycles. The lowest BCUT2D eigenvalue weighted by atomic mass is 9.97. The van der Waals surface area contributed by atoms with Crippen molar-refractivity contribution in [2.75, 3.05) is 14.2 Å². The predicted molar refractivity (Wildman–Crippen MR) is 101 cm³/mol. The molecular formula is C21H22F3NO4. The van der Waals surface area contributed by atoms with Gasteiger partial charge in [-0.05, 0) is 36.6 Å². The average Bonchev–Trinajstić information content (AvgIpc) is 2.67. The number of carbonyl (C=O) groups excluding carboxylic acids is 2. The molecule has 1 unspecified atom stereocenters. The number of nitrogens with one attached hydrogen (secondary N) is 1. The van der Waals surface area contributed by atoms with E-state index in [0.29, 0.717) is 16.9 Å². The lowest BCUT2D eigenvalue weighted by molar-refractivity contribution is -0.174. The molecule has 0 saturated carbocycles. The van der Waals surface area contributed by atoms with Gasteiger partial charge in [-0.3, -0.25) is 9.59 Å². The number of rotatable bonds is 8. The van der Waals surface area contributed by atoms with E-state index in [4.69, 9.17) is 9.47 Å². The van der Waals surface area contributed by atoms with Crippen molar-refractivity contribution >= 4 is 11.7 Å². The molecule has 0 radical (unpaired) electrons. The fourth-order valence-corrected chi connectivity index (χ4v) is 2.90. The average molecular weight is 409 g/mol. The third-order valence-corrected chi connectivity index (χ3v) is 4.27. The molecule has 2 aromatic carbocycles. The highest BCUT2D eigenvalue weighted by atomic mass is 19.4. The van der Waals surface area contributed by atoms with Gasteiger partial charge >= 0.3 is 12.1 Å². The van der Waals surface area contributed by atoms with Gasteiger partial charge in [-0.1, -0.05) is 30.3 Å². The summed E-state index contributed by atoms with van der Waals surface area (Å²) in [5.74, 6) is -1.58. The normalized spacial score (nSPS) is 12.2. The number of benzene rings is 2. The number of alkyl halides is 3. The molecule has 2 aromatic rings. The van der Waals surface area contributed by atoms with E-state index in [1.54, 1.807) is 6.07 Å². The van der Waals surface area contributed by atoms with Crippen LogP contribution < -0.4 is 14.8 Å². The maximum atomic E-state index is 12.7. The van der Waals surface area contributed by atoms with E-state index in [1.165, 1.54) is 27.2 Å². The van der Waals surface area contributed by atoms with Crippen LogP contribution in [-0.4, -0.2) is 38.1 Å². The van der Waals surface area contributed by atoms with Crippen LogP contribution in [0.2, 0.25) is 0 Å². The summed E-state index contributed by atoms with van der Waals surface area (Å²) in [6.07, 6.45) is -4.73. The first kappa shape index (κ1) is 22.3. The minimum atomic E-state index is -4.95.